The highest BCUT2D eigenvalue weighted by atomic mass is 32.1. The van der Waals surface area contributed by atoms with Crippen LogP contribution in [0.1, 0.15) is 5.56 Å². The largest absolute Gasteiger partial charge is 0.393 e. The normalized spacial score (nSPS) is 9.79. The number of rotatable bonds is 3. The maximum atomic E-state index is 12.8. The van der Waals surface area contributed by atoms with Gasteiger partial charge in [-0.1, -0.05) is 12.2 Å². The minimum atomic E-state index is -0.590. The minimum absolute atomic E-state index is 0.0312. The summed E-state index contributed by atoms with van der Waals surface area (Å²) in [6.07, 6.45) is 0.0312. The molecule has 1 aromatic carbocycles. The van der Waals surface area contributed by atoms with Gasteiger partial charge in [0.25, 0.3) is 5.69 Å². The standard InChI is InChI=1S/C8H7FN2O2S/c9-6-1-2-7(11(12)13)5(3-6)4-8(10)14/h1-3H,4H2,(H2,10,14). The van der Waals surface area contributed by atoms with Crippen LogP contribution in [0.4, 0.5) is 10.1 Å². The molecule has 0 radical (unpaired) electrons. The van der Waals surface area contributed by atoms with E-state index in [0.29, 0.717) is 0 Å². The van der Waals surface area contributed by atoms with E-state index in [-0.39, 0.29) is 22.7 Å². The van der Waals surface area contributed by atoms with Gasteiger partial charge in [0.15, 0.2) is 0 Å². The van der Waals surface area contributed by atoms with E-state index < -0.39 is 10.7 Å². The molecule has 1 aromatic rings. The summed E-state index contributed by atoms with van der Waals surface area (Å²) >= 11 is 4.60. The Labute approximate surface area is 84.7 Å². The Hall–Kier alpha value is -1.56. The lowest BCUT2D eigenvalue weighted by Gasteiger charge is -2.01. The lowest BCUT2D eigenvalue weighted by atomic mass is 10.1. The topological polar surface area (TPSA) is 69.2 Å². The number of nitrogens with zero attached hydrogens (tertiary/aromatic N) is 1. The van der Waals surface area contributed by atoms with Crippen molar-refractivity contribution in [3.8, 4) is 0 Å². The van der Waals surface area contributed by atoms with Crippen molar-refractivity contribution >= 4 is 22.9 Å². The monoisotopic (exact) mass is 214 g/mol. The molecule has 74 valence electrons. The summed E-state index contributed by atoms with van der Waals surface area (Å²) in [6.45, 7) is 0. The predicted octanol–water partition coefficient (Wildman–Crippen LogP) is 1.56. The molecule has 0 amide bonds. The van der Waals surface area contributed by atoms with Crippen LogP contribution in [0.2, 0.25) is 0 Å². The average molecular weight is 214 g/mol. The van der Waals surface area contributed by atoms with Gasteiger partial charge in [0.1, 0.15) is 5.82 Å². The maximum absolute atomic E-state index is 12.8. The Balaban J connectivity index is 3.15. The zero-order valence-electron chi connectivity index (χ0n) is 7.07. The van der Waals surface area contributed by atoms with Crippen molar-refractivity contribution in [2.24, 2.45) is 5.73 Å². The Morgan fingerprint density at radius 3 is 2.79 bits per heavy atom. The number of nitro benzene ring substituents is 1. The van der Waals surface area contributed by atoms with Crippen molar-refractivity contribution in [3.05, 3.63) is 39.7 Å². The third-order valence-corrected chi connectivity index (χ3v) is 1.75. The highest BCUT2D eigenvalue weighted by Gasteiger charge is 2.14. The molecule has 14 heavy (non-hydrogen) atoms. The average Bonchev–Trinajstić information content (AvgIpc) is 2.01. The van der Waals surface area contributed by atoms with Gasteiger partial charge >= 0.3 is 0 Å². The molecule has 0 aromatic heterocycles. The summed E-state index contributed by atoms with van der Waals surface area (Å²) in [5, 5.41) is 10.5. The molecule has 0 aliphatic heterocycles. The lowest BCUT2D eigenvalue weighted by Crippen LogP contribution is -2.12. The maximum Gasteiger partial charge on any atom is 0.273 e. The molecule has 6 heteroatoms. The van der Waals surface area contributed by atoms with E-state index >= 15 is 0 Å². The molecule has 4 nitrogen and oxygen atoms in total. The van der Waals surface area contributed by atoms with Crippen molar-refractivity contribution in [1.82, 2.24) is 0 Å². The third kappa shape index (κ3) is 2.46. The van der Waals surface area contributed by atoms with E-state index in [4.69, 9.17) is 5.73 Å². The molecule has 0 bridgehead atoms. The molecule has 0 spiro atoms. The zero-order valence-corrected chi connectivity index (χ0v) is 7.88. The van der Waals surface area contributed by atoms with Gasteiger partial charge in [-0.3, -0.25) is 10.1 Å². The molecule has 2 N–H and O–H groups in total. The second kappa shape index (κ2) is 4.10. The smallest absolute Gasteiger partial charge is 0.273 e. The number of halogens is 1. The number of hydrogen-bond acceptors (Lipinski definition) is 3. The van der Waals surface area contributed by atoms with Crippen molar-refractivity contribution in [3.63, 3.8) is 0 Å². The van der Waals surface area contributed by atoms with Gasteiger partial charge in [-0.25, -0.2) is 4.39 Å². The summed E-state index contributed by atoms with van der Waals surface area (Å²) in [6, 6.07) is 3.20. The first-order valence-electron chi connectivity index (χ1n) is 3.72. The van der Waals surface area contributed by atoms with Crippen LogP contribution < -0.4 is 5.73 Å². The van der Waals surface area contributed by atoms with Gasteiger partial charge in [0.05, 0.1) is 9.91 Å². The zero-order chi connectivity index (χ0) is 10.7. The second-order valence-corrected chi connectivity index (χ2v) is 3.20. The minimum Gasteiger partial charge on any atom is -0.393 e. The fraction of sp³-hybridized carbons (Fsp3) is 0.125. The molecule has 0 heterocycles. The second-order valence-electron chi connectivity index (χ2n) is 2.67. The molecule has 0 saturated carbocycles. The van der Waals surface area contributed by atoms with E-state index in [0.717, 1.165) is 18.2 Å². The predicted molar refractivity (Wildman–Crippen MR) is 53.5 cm³/mol. The van der Waals surface area contributed by atoms with Crippen LogP contribution in [0, 0.1) is 15.9 Å². The Morgan fingerprint density at radius 1 is 1.64 bits per heavy atom. The SMILES string of the molecule is NC(=S)Cc1cc(F)ccc1[N+](=O)[O-]. The van der Waals surface area contributed by atoms with Gasteiger partial charge in [0.2, 0.25) is 0 Å². The van der Waals surface area contributed by atoms with Crippen molar-refractivity contribution in [2.75, 3.05) is 0 Å². The summed E-state index contributed by atoms with van der Waals surface area (Å²) in [5.41, 5.74) is 5.26. The first kappa shape index (κ1) is 10.5. The van der Waals surface area contributed by atoms with E-state index in [1.807, 2.05) is 0 Å². The van der Waals surface area contributed by atoms with Crippen LogP contribution in [0.3, 0.4) is 0 Å². The van der Waals surface area contributed by atoms with E-state index in [1.165, 1.54) is 0 Å². The van der Waals surface area contributed by atoms with Crippen molar-refractivity contribution < 1.29 is 9.31 Å². The van der Waals surface area contributed by atoms with Crippen LogP contribution in [0.15, 0.2) is 18.2 Å². The molecule has 0 aliphatic carbocycles. The number of nitrogens with two attached hydrogens (primary N) is 1. The van der Waals surface area contributed by atoms with Gasteiger partial charge in [0, 0.05) is 18.1 Å². The van der Waals surface area contributed by atoms with Gasteiger partial charge in [-0.15, -0.1) is 0 Å². The first-order valence-corrected chi connectivity index (χ1v) is 4.12. The van der Waals surface area contributed by atoms with Gasteiger partial charge in [-0.2, -0.15) is 0 Å². The van der Waals surface area contributed by atoms with Gasteiger partial charge < -0.3 is 5.73 Å². The lowest BCUT2D eigenvalue weighted by molar-refractivity contribution is -0.385. The summed E-state index contributed by atoms with van der Waals surface area (Å²) < 4.78 is 12.8. The Morgan fingerprint density at radius 2 is 2.29 bits per heavy atom. The van der Waals surface area contributed by atoms with Crippen LogP contribution in [0.5, 0.6) is 0 Å². The molecule has 0 unspecified atom stereocenters. The molecule has 0 fully saturated rings. The summed E-state index contributed by atoms with van der Waals surface area (Å²) in [4.78, 5) is 10.0. The fourth-order valence-electron chi connectivity index (χ4n) is 1.06. The molecule has 0 aliphatic rings. The van der Waals surface area contributed by atoms with Gasteiger partial charge in [-0.05, 0) is 12.1 Å². The highest BCUT2D eigenvalue weighted by Crippen LogP contribution is 2.19. The van der Waals surface area contributed by atoms with Crippen LogP contribution in [0.25, 0.3) is 0 Å². The Kier molecular flexibility index (Phi) is 3.08. The van der Waals surface area contributed by atoms with Crippen LogP contribution in [-0.4, -0.2) is 9.91 Å². The van der Waals surface area contributed by atoms with Crippen molar-refractivity contribution in [2.45, 2.75) is 6.42 Å². The highest BCUT2D eigenvalue weighted by molar-refractivity contribution is 7.80. The third-order valence-electron chi connectivity index (χ3n) is 1.60. The first-order chi connectivity index (χ1) is 6.50. The molecule has 0 atom stereocenters. The molecular weight excluding hydrogens is 207 g/mol. The van der Waals surface area contributed by atoms with Crippen molar-refractivity contribution in [1.29, 1.82) is 0 Å². The van der Waals surface area contributed by atoms with E-state index in [1.54, 1.807) is 0 Å². The summed E-state index contributed by atoms with van der Waals surface area (Å²) in [5.74, 6) is -0.540. The molecule has 0 saturated heterocycles. The summed E-state index contributed by atoms with van der Waals surface area (Å²) in [7, 11) is 0. The number of thiocarbonyl (C=S) groups is 1. The van der Waals surface area contributed by atoms with Crippen LogP contribution in [-0.2, 0) is 6.42 Å². The molecule has 1 rings (SSSR count). The number of benzene rings is 1. The number of hydrogen-bond donors (Lipinski definition) is 1. The fourth-order valence-corrected chi connectivity index (χ4v) is 1.22. The Bertz CT molecular complexity index is 395. The quantitative estimate of drug-likeness (QED) is 0.471. The van der Waals surface area contributed by atoms with E-state index in [9.17, 15) is 14.5 Å². The molecular formula is C8H7FN2O2S. The number of nitro groups is 1. The van der Waals surface area contributed by atoms with E-state index in [2.05, 4.69) is 12.2 Å². The van der Waals surface area contributed by atoms with Crippen LogP contribution >= 0.6 is 12.2 Å².